The maximum absolute atomic E-state index is 12.2. The summed E-state index contributed by atoms with van der Waals surface area (Å²) in [4.78, 5) is 25.0. The summed E-state index contributed by atoms with van der Waals surface area (Å²) >= 11 is 0. The van der Waals surface area contributed by atoms with E-state index in [9.17, 15) is 9.59 Å². The molecule has 1 atom stereocenters. The fourth-order valence-electron chi connectivity index (χ4n) is 2.08. The number of nitrogens with two attached hydrogens (primary N) is 1. The number of rotatable bonds is 3. The van der Waals surface area contributed by atoms with E-state index in [4.69, 9.17) is 5.73 Å². The first-order chi connectivity index (χ1) is 7.86. The second-order valence-electron chi connectivity index (χ2n) is 5.38. The maximum atomic E-state index is 12.2. The fourth-order valence-corrected chi connectivity index (χ4v) is 2.08. The Balaban J connectivity index is 2.60. The Labute approximate surface area is 103 Å². The number of hydrogen-bond donors (Lipinski definition) is 2. The zero-order valence-electron chi connectivity index (χ0n) is 11.0. The lowest BCUT2D eigenvalue weighted by Gasteiger charge is -2.37. The summed E-state index contributed by atoms with van der Waals surface area (Å²) < 4.78 is 0. The molecule has 0 saturated carbocycles. The van der Waals surface area contributed by atoms with Crippen molar-refractivity contribution in [3.8, 4) is 0 Å². The molecule has 1 fully saturated rings. The van der Waals surface area contributed by atoms with Crippen molar-refractivity contribution in [1.82, 2.24) is 10.2 Å². The second-order valence-corrected chi connectivity index (χ2v) is 5.38. The van der Waals surface area contributed by atoms with Gasteiger partial charge in [0.25, 0.3) is 0 Å². The molecule has 5 heteroatoms. The lowest BCUT2D eigenvalue weighted by molar-refractivity contribution is -0.141. The maximum Gasteiger partial charge on any atom is 0.229 e. The standard InChI is InChI=1S/C12H23N3O2/c1-9(16)14-10-5-4-6-15(7-10)11(17)12(2,3)8-13/h10H,4-8,13H2,1-3H3,(H,14,16)/t10-/m0/s1. The summed E-state index contributed by atoms with van der Waals surface area (Å²) in [6, 6.07) is 0.0822. The molecule has 1 rings (SSSR count). The van der Waals surface area contributed by atoms with Crippen molar-refractivity contribution in [2.75, 3.05) is 19.6 Å². The van der Waals surface area contributed by atoms with Crippen molar-refractivity contribution in [3.05, 3.63) is 0 Å². The largest absolute Gasteiger partial charge is 0.352 e. The van der Waals surface area contributed by atoms with E-state index >= 15 is 0 Å². The molecule has 1 saturated heterocycles. The zero-order valence-corrected chi connectivity index (χ0v) is 11.0. The van der Waals surface area contributed by atoms with Crippen LogP contribution in [-0.4, -0.2) is 42.4 Å². The van der Waals surface area contributed by atoms with Gasteiger partial charge < -0.3 is 16.0 Å². The van der Waals surface area contributed by atoms with Crippen molar-refractivity contribution in [1.29, 1.82) is 0 Å². The lowest BCUT2D eigenvalue weighted by Crippen LogP contribution is -2.53. The summed E-state index contributed by atoms with van der Waals surface area (Å²) in [7, 11) is 0. The molecule has 5 nitrogen and oxygen atoms in total. The van der Waals surface area contributed by atoms with Gasteiger partial charge in [-0.3, -0.25) is 9.59 Å². The average molecular weight is 241 g/mol. The van der Waals surface area contributed by atoms with Crippen LogP contribution in [-0.2, 0) is 9.59 Å². The summed E-state index contributed by atoms with van der Waals surface area (Å²) in [5.41, 5.74) is 5.10. The Hall–Kier alpha value is -1.10. The number of likely N-dealkylation sites (tertiary alicyclic amines) is 1. The van der Waals surface area contributed by atoms with Crippen LogP contribution in [0.1, 0.15) is 33.6 Å². The van der Waals surface area contributed by atoms with E-state index in [0.717, 1.165) is 19.4 Å². The van der Waals surface area contributed by atoms with E-state index in [-0.39, 0.29) is 17.9 Å². The lowest BCUT2D eigenvalue weighted by atomic mass is 9.90. The van der Waals surface area contributed by atoms with Gasteiger partial charge >= 0.3 is 0 Å². The average Bonchev–Trinajstić information content (AvgIpc) is 2.27. The van der Waals surface area contributed by atoms with Crippen LogP contribution in [0.3, 0.4) is 0 Å². The Kier molecular flexibility index (Phi) is 4.51. The van der Waals surface area contributed by atoms with E-state index in [1.54, 1.807) is 0 Å². The highest BCUT2D eigenvalue weighted by atomic mass is 16.2. The number of nitrogens with one attached hydrogen (secondary N) is 1. The molecule has 3 N–H and O–H groups in total. The molecule has 0 aromatic heterocycles. The third-order valence-electron chi connectivity index (χ3n) is 3.21. The minimum absolute atomic E-state index is 0.0395. The molecular weight excluding hydrogens is 218 g/mol. The SMILES string of the molecule is CC(=O)N[C@H]1CCCN(C(=O)C(C)(C)CN)C1. The molecule has 0 spiro atoms. The summed E-state index contributed by atoms with van der Waals surface area (Å²) in [5.74, 6) is 0.0393. The van der Waals surface area contributed by atoms with Crippen molar-refractivity contribution in [2.45, 2.75) is 39.7 Å². The van der Waals surface area contributed by atoms with Crippen LogP contribution >= 0.6 is 0 Å². The van der Waals surface area contributed by atoms with Crippen LogP contribution in [0.4, 0.5) is 0 Å². The molecule has 1 heterocycles. The third kappa shape index (κ3) is 3.70. The molecule has 0 unspecified atom stereocenters. The van der Waals surface area contributed by atoms with Gasteiger partial charge in [-0.15, -0.1) is 0 Å². The number of nitrogens with zero attached hydrogens (tertiary/aromatic N) is 1. The van der Waals surface area contributed by atoms with Crippen LogP contribution in [0.2, 0.25) is 0 Å². The van der Waals surface area contributed by atoms with Gasteiger partial charge in [-0.1, -0.05) is 0 Å². The summed E-state index contributed by atoms with van der Waals surface area (Å²) in [5, 5.41) is 2.87. The van der Waals surface area contributed by atoms with Crippen LogP contribution in [0, 0.1) is 5.41 Å². The third-order valence-corrected chi connectivity index (χ3v) is 3.21. The van der Waals surface area contributed by atoms with Gasteiger partial charge in [-0.25, -0.2) is 0 Å². The number of carbonyl (C=O) groups is 2. The summed E-state index contributed by atoms with van der Waals surface area (Å²) in [6.45, 7) is 6.92. The second kappa shape index (κ2) is 5.49. The Morgan fingerprint density at radius 1 is 1.47 bits per heavy atom. The smallest absolute Gasteiger partial charge is 0.229 e. The van der Waals surface area contributed by atoms with Crippen molar-refractivity contribution < 1.29 is 9.59 Å². The van der Waals surface area contributed by atoms with Gasteiger partial charge in [0.2, 0.25) is 11.8 Å². The molecule has 1 aliphatic heterocycles. The molecule has 2 amide bonds. The molecule has 0 aromatic carbocycles. The van der Waals surface area contributed by atoms with Crippen LogP contribution in [0.15, 0.2) is 0 Å². The fraction of sp³-hybridized carbons (Fsp3) is 0.833. The monoisotopic (exact) mass is 241 g/mol. The minimum atomic E-state index is -0.516. The normalized spacial score (nSPS) is 21.2. The van der Waals surface area contributed by atoms with Crippen molar-refractivity contribution >= 4 is 11.8 Å². The van der Waals surface area contributed by atoms with E-state index < -0.39 is 5.41 Å². The predicted octanol–water partition coefficient (Wildman–Crippen LogP) is 0.0984. The van der Waals surface area contributed by atoms with Crippen LogP contribution in [0.25, 0.3) is 0 Å². The molecule has 17 heavy (non-hydrogen) atoms. The van der Waals surface area contributed by atoms with E-state index in [0.29, 0.717) is 13.1 Å². The number of amides is 2. The quantitative estimate of drug-likeness (QED) is 0.735. The summed E-state index contributed by atoms with van der Waals surface area (Å²) in [6.07, 6.45) is 1.86. The topological polar surface area (TPSA) is 75.4 Å². The number of piperidine rings is 1. The van der Waals surface area contributed by atoms with Gasteiger partial charge in [0.1, 0.15) is 0 Å². The van der Waals surface area contributed by atoms with E-state index in [2.05, 4.69) is 5.32 Å². The molecule has 0 aliphatic carbocycles. The Bertz CT molecular complexity index is 302. The van der Waals surface area contributed by atoms with Crippen LogP contribution in [0.5, 0.6) is 0 Å². The first-order valence-corrected chi connectivity index (χ1v) is 6.13. The van der Waals surface area contributed by atoms with Crippen molar-refractivity contribution in [3.63, 3.8) is 0 Å². The molecule has 0 aromatic rings. The van der Waals surface area contributed by atoms with E-state index in [1.165, 1.54) is 6.92 Å². The Morgan fingerprint density at radius 3 is 2.65 bits per heavy atom. The Morgan fingerprint density at radius 2 is 2.12 bits per heavy atom. The number of carbonyl (C=O) groups excluding carboxylic acids is 2. The van der Waals surface area contributed by atoms with Gasteiger partial charge in [0.15, 0.2) is 0 Å². The number of hydrogen-bond acceptors (Lipinski definition) is 3. The minimum Gasteiger partial charge on any atom is -0.352 e. The molecular formula is C12H23N3O2. The van der Waals surface area contributed by atoms with E-state index in [1.807, 2.05) is 18.7 Å². The zero-order chi connectivity index (χ0) is 13.1. The van der Waals surface area contributed by atoms with Gasteiger partial charge in [0, 0.05) is 32.6 Å². The molecule has 0 bridgehead atoms. The van der Waals surface area contributed by atoms with Gasteiger partial charge in [-0.2, -0.15) is 0 Å². The molecule has 0 radical (unpaired) electrons. The van der Waals surface area contributed by atoms with Crippen molar-refractivity contribution in [2.24, 2.45) is 11.1 Å². The highest BCUT2D eigenvalue weighted by Crippen LogP contribution is 2.20. The van der Waals surface area contributed by atoms with Gasteiger partial charge in [-0.05, 0) is 26.7 Å². The van der Waals surface area contributed by atoms with Crippen LogP contribution < -0.4 is 11.1 Å². The van der Waals surface area contributed by atoms with Gasteiger partial charge in [0.05, 0.1) is 5.41 Å². The molecule has 98 valence electrons. The highest BCUT2D eigenvalue weighted by molar-refractivity contribution is 5.82. The first-order valence-electron chi connectivity index (χ1n) is 6.13. The first kappa shape index (κ1) is 14.0. The predicted molar refractivity (Wildman–Crippen MR) is 66.3 cm³/mol. The highest BCUT2D eigenvalue weighted by Gasteiger charge is 2.33. The molecule has 1 aliphatic rings.